The van der Waals surface area contributed by atoms with Crippen molar-refractivity contribution >= 4 is 0 Å². The number of hydrogen-bond acceptors (Lipinski definition) is 2. The molecule has 1 N–H and O–H groups in total. The van der Waals surface area contributed by atoms with Crippen LogP contribution in [0.3, 0.4) is 0 Å². The Kier molecular flexibility index (Phi) is 3.02. The fourth-order valence-corrected chi connectivity index (χ4v) is 1.78. The van der Waals surface area contributed by atoms with Crippen LogP contribution < -0.4 is 0 Å². The van der Waals surface area contributed by atoms with E-state index in [1.54, 1.807) is 6.92 Å². The Morgan fingerprint density at radius 3 is 2.31 bits per heavy atom. The summed E-state index contributed by atoms with van der Waals surface area (Å²) in [6.07, 6.45) is -0.461. The first-order valence-electron chi connectivity index (χ1n) is 5.39. The minimum atomic E-state index is -0.461. The number of aliphatic hydroxyl groups is 1. The van der Waals surface area contributed by atoms with Crippen LogP contribution in [0.4, 0.5) is 0 Å². The van der Waals surface area contributed by atoms with E-state index >= 15 is 0 Å². The number of nitrogens with zero attached hydrogens (tertiary/aromatic N) is 1. The van der Waals surface area contributed by atoms with Gasteiger partial charge in [0.2, 0.25) is 0 Å². The van der Waals surface area contributed by atoms with E-state index in [2.05, 4.69) is 4.98 Å². The van der Waals surface area contributed by atoms with Gasteiger partial charge in [0, 0.05) is 16.8 Å². The first kappa shape index (κ1) is 10.8. The van der Waals surface area contributed by atoms with Crippen LogP contribution in [-0.2, 0) is 0 Å². The molecule has 0 spiro atoms. The summed E-state index contributed by atoms with van der Waals surface area (Å²) >= 11 is 0. The van der Waals surface area contributed by atoms with Crippen molar-refractivity contribution < 1.29 is 5.11 Å². The summed E-state index contributed by atoms with van der Waals surface area (Å²) in [5.41, 5.74) is 3.82. The molecular weight excluding hydrogens is 198 g/mol. The smallest absolute Gasteiger partial charge is 0.0779 e. The molecule has 0 radical (unpaired) electrons. The minimum Gasteiger partial charge on any atom is -0.389 e. The predicted molar refractivity (Wildman–Crippen MR) is 65.0 cm³/mol. The Morgan fingerprint density at radius 1 is 1.06 bits per heavy atom. The van der Waals surface area contributed by atoms with Crippen molar-refractivity contribution in [2.24, 2.45) is 0 Å². The molecular formula is C14H15NO. The zero-order chi connectivity index (χ0) is 11.5. The molecule has 0 aliphatic carbocycles. The molecule has 0 saturated carbocycles. The summed E-state index contributed by atoms with van der Waals surface area (Å²) in [6.45, 7) is 3.68. The maximum absolute atomic E-state index is 9.53. The van der Waals surface area contributed by atoms with Crippen molar-refractivity contribution in [3.63, 3.8) is 0 Å². The second kappa shape index (κ2) is 4.45. The normalized spacial score (nSPS) is 12.4. The van der Waals surface area contributed by atoms with Gasteiger partial charge < -0.3 is 5.11 Å². The zero-order valence-corrected chi connectivity index (χ0v) is 9.51. The number of aliphatic hydroxyl groups excluding tert-OH is 1. The third-order valence-electron chi connectivity index (χ3n) is 2.65. The fraction of sp³-hybridized carbons (Fsp3) is 0.214. The van der Waals surface area contributed by atoms with E-state index in [1.807, 2.05) is 49.4 Å². The lowest BCUT2D eigenvalue weighted by Gasteiger charge is -2.09. The molecule has 2 nitrogen and oxygen atoms in total. The standard InChI is InChI=1S/C14H15NO/c1-10-13(11(2)16)8-9-14(15-10)12-6-4-3-5-7-12/h3-9,11,16H,1-2H3. The van der Waals surface area contributed by atoms with Crippen LogP contribution in [0.5, 0.6) is 0 Å². The molecule has 0 saturated heterocycles. The van der Waals surface area contributed by atoms with Gasteiger partial charge in [-0.25, -0.2) is 0 Å². The van der Waals surface area contributed by atoms with Crippen LogP contribution >= 0.6 is 0 Å². The molecule has 0 aliphatic heterocycles. The molecule has 1 aromatic heterocycles. The van der Waals surface area contributed by atoms with Crippen molar-refractivity contribution in [3.8, 4) is 11.3 Å². The van der Waals surface area contributed by atoms with Crippen molar-refractivity contribution in [1.82, 2.24) is 4.98 Å². The molecule has 2 heteroatoms. The van der Waals surface area contributed by atoms with Gasteiger partial charge in [-0.05, 0) is 19.9 Å². The average Bonchev–Trinajstić information content (AvgIpc) is 2.29. The molecule has 82 valence electrons. The summed E-state index contributed by atoms with van der Waals surface area (Å²) in [5, 5.41) is 9.53. The van der Waals surface area contributed by atoms with Gasteiger partial charge in [-0.15, -0.1) is 0 Å². The first-order valence-corrected chi connectivity index (χ1v) is 5.39. The quantitative estimate of drug-likeness (QED) is 0.831. The van der Waals surface area contributed by atoms with Crippen molar-refractivity contribution in [1.29, 1.82) is 0 Å². The highest BCUT2D eigenvalue weighted by atomic mass is 16.3. The largest absolute Gasteiger partial charge is 0.389 e. The third-order valence-corrected chi connectivity index (χ3v) is 2.65. The van der Waals surface area contributed by atoms with Gasteiger partial charge in [0.05, 0.1) is 11.8 Å². The predicted octanol–water partition coefficient (Wildman–Crippen LogP) is 3.11. The highest BCUT2D eigenvalue weighted by Gasteiger charge is 2.07. The summed E-state index contributed by atoms with van der Waals surface area (Å²) in [6, 6.07) is 13.9. The monoisotopic (exact) mass is 213 g/mol. The second-order valence-corrected chi connectivity index (χ2v) is 3.91. The van der Waals surface area contributed by atoms with Crippen molar-refractivity contribution in [2.45, 2.75) is 20.0 Å². The van der Waals surface area contributed by atoms with Gasteiger partial charge >= 0.3 is 0 Å². The van der Waals surface area contributed by atoms with Gasteiger partial charge in [-0.3, -0.25) is 4.98 Å². The number of aryl methyl sites for hydroxylation is 1. The van der Waals surface area contributed by atoms with Crippen LogP contribution in [0, 0.1) is 6.92 Å². The summed E-state index contributed by atoms with van der Waals surface area (Å²) in [5.74, 6) is 0. The van der Waals surface area contributed by atoms with Gasteiger partial charge in [-0.2, -0.15) is 0 Å². The summed E-state index contributed by atoms with van der Waals surface area (Å²) in [7, 11) is 0. The lowest BCUT2D eigenvalue weighted by atomic mass is 10.1. The molecule has 0 aliphatic rings. The number of hydrogen-bond donors (Lipinski definition) is 1. The van der Waals surface area contributed by atoms with Crippen LogP contribution in [0.2, 0.25) is 0 Å². The van der Waals surface area contributed by atoms with E-state index in [4.69, 9.17) is 0 Å². The summed E-state index contributed by atoms with van der Waals surface area (Å²) in [4.78, 5) is 4.50. The Bertz CT molecular complexity index is 477. The lowest BCUT2D eigenvalue weighted by molar-refractivity contribution is 0.198. The molecule has 2 aromatic rings. The number of benzene rings is 1. The van der Waals surface area contributed by atoms with Crippen molar-refractivity contribution in [2.75, 3.05) is 0 Å². The van der Waals surface area contributed by atoms with E-state index in [-0.39, 0.29) is 0 Å². The van der Waals surface area contributed by atoms with Gasteiger partial charge in [0.15, 0.2) is 0 Å². The maximum atomic E-state index is 9.53. The lowest BCUT2D eigenvalue weighted by Crippen LogP contribution is -1.98. The van der Waals surface area contributed by atoms with E-state index in [1.165, 1.54) is 0 Å². The molecule has 1 atom stereocenters. The number of pyridine rings is 1. The molecule has 0 amide bonds. The van der Waals surface area contributed by atoms with E-state index in [0.717, 1.165) is 22.5 Å². The third kappa shape index (κ3) is 2.12. The highest BCUT2D eigenvalue weighted by Crippen LogP contribution is 2.21. The van der Waals surface area contributed by atoms with Crippen LogP contribution in [0.1, 0.15) is 24.3 Å². The maximum Gasteiger partial charge on any atom is 0.0779 e. The molecule has 2 rings (SSSR count). The summed E-state index contributed by atoms with van der Waals surface area (Å²) < 4.78 is 0. The first-order chi connectivity index (χ1) is 7.68. The van der Waals surface area contributed by atoms with Crippen LogP contribution in [0.15, 0.2) is 42.5 Å². The molecule has 0 bridgehead atoms. The van der Waals surface area contributed by atoms with Crippen LogP contribution in [0.25, 0.3) is 11.3 Å². The van der Waals surface area contributed by atoms with Gasteiger partial charge in [-0.1, -0.05) is 36.4 Å². The van der Waals surface area contributed by atoms with Crippen molar-refractivity contribution in [3.05, 3.63) is 53.7 Å². The zero-order valence-electron chi connectivity index (χ0n) is 9.51. The SMILES string of the molecule is Cc1nc(-c2ccccc2)ccc1C(C)O. The molecule has 0 fully saturated rings. The number of aromatic nitrogens is 1. The topological polar surface area (TPSA) is 33.1 Å². The molecule has 1 heterocycles. The van der Waals surface area contributed by atoms with Crippen LogP contribution in [-0.4, -0.2) is 10.1 Å². The highest BCUT2D eigenvalue weighted by molar-refractivity contribution is 5.59. The second-order valence-electron chi connectivity index (χ2n) is 3.91. The molecule has 16 heavy (non-hydrogen) atoms. The van der Waals surface area contributed by atoms with Gasteiger partial charge in [0.1, 0.15) is 0 Å². The Balaban J connectivity index is 2.43. The molecule has 1 aromatic carbocycles. The Morgan fingerprint density at radius 2 is 1.75 bits per heavy atom. The molecule has 1 unspecified atom stereocenters. The van der Waals surface area contributed by atoms with E-state index < -0.39 is 6.10 Å². The van der Waals surface area contributed by atoms with E-state index in [9.17, 15) is 5.11 Å². The van der Waals surface area contributed by atoms with Gasteiger partial charge in [0.25, 0.3) is 0 Å². The average molecular weight is 213 g/mol. The number of rotatable bonds is 2. The minimum absolute atomic E-state index is 0.461. The Labute approximate surface area is 95.6 Å². The Hall–Kier alpha value is -1.67. The fourth-order valence-electron chi connectivity index (χ4n) is 1.78. The van der Waals surface area contributed by atoms with E-state index in [0.29, 0.717) is 0 Å².